The number of hydrogen-bond donors (Lipinski definition) is 1. The third-order valence-corrected chi connectivity index (χ3v) is 2.19. The number of aromatic nitrogens is 1. The van der Waals surface area contributed by atoms with Crippen molar-refractivity contribution in [2.45, 2.75) is 26.7 Å². The van der Waals surface area contributed by atoms with Crippen molar-refractivity contribution >= 4 is 0 Å². The van der Waals surface area contributed by atoms with Gasteiger partial charge in [-0.1, -0.05) is 0 Å². The van der Waals surface area contributed by atoms with Gasteiger partial charge in [-0.3, -0.25) is 0 Å². The van der Waals surface area contributed by atoms with Crippen molar-refractivity contribution in [2.24, 2.45) is 0 Å². The van der Waals surface area contributed by atoms with Gasteiger partial charge in [0.05, 0.1) is 12.2 Å². The fourth-order valence-corrected chi connectivity index (χ4v) is 1.17. The Kier molecular flexibility index (Phi) is 4.74. The van der Waals surface area contributed by atoms with Gasteiger partial charge in [-0.05, 0) is 13.8 Å². The first-order valence-electron chi connectivity index (χ1n) is 4.86. The second kappa shape index (κ2) is 5.85. The molecule has 1 heterocycles. The molecule has 15 heavy (non-hydrogen) atoms. The molecule has 0 atom stereocenters. The molecule has 0 amide bonds. The zero-order valence-corrected chi connectivity index (χ0v) is 9.66. The molecular formula is C10H18N2O3. The average molecular weight is 214 g/mol. The molecule has 0 bridgehead atoms. The first-order chi connectivity index (χ1) is 7.17. The fraction of sp³-hybridized carbons (Fsp3) is 0.700. The Bertz CT molecular complexity index is 275. The van der Waals surface area contributed by atoms with Crippen LogP contribution >= 0.6 is 0 Å². The van der Waals surface area contributed by atoms with Crippen LogP contribution in [0.3, 0.4) is 0 Å². The van der Waals surface area contributed by atoms with E-state index >= 15 is 0 Å². The first-order valence-corrected chi connectivity index (χ1v) is 4.86. The summed E-state index contributed by atoms with van der Waals surface area (Å²) in [6.45, 7) is 5.01. The molecule has 0 aliphatic rings. The maximum atomic E-state index is 5.41. The summed E-state index contributed by atoms with van der Waals surface area (Å²) in [5.74, 6) is 1.55. The normalized spacial score (nSPS) is 11.3. The molecule has 0 fully saturated rings. The molecule has 0 saturated heterocycles. The molecular weight excluding hydrogens is 196 g/mol. The highest BCUT2D eigenvalue weighted by atomic mass is 16.7. The van der Waals surface area contributed by atoms with E-state index < -0.39 is 0 Å². The zero-order chi connectivity index (χ0) is 11.3. The highest BCUT2D eigenvalue weighted by Gasteiger charge is 2.07. The smallest absolute Gasteiger partial charge is 0.208 e. The van der Waals surface area contributed by atoms with Crippen molar-refractivity contribution in [3.63, 3.8) is 0 Å². The molecule has 0 aliphatic carbocycles. The predicted octanol–water partition coefficient (Wildman–Crippen LogP) is 1.000. The van der Waals surface area contributed by atoms with Gasteiger partial charge in [0.1, 0.15) is 5.76 Å². The van der Waals surface area contributed by atoms with Crippen LogP contribution in [0.1, 0.15) is 17.3 Å². The predicted molar refractivity (Wildman–Crippen MR) is 55.5 cm³/mol. The van der Waals surface area contributed by atoms with E-state index in [1.807, 2.05) is 13.8 Å². The zero-order valence-electron chi connectivity index (χ0n) is 9.66. The number of methoxy groups -OCH3 is 2. The van der Waals surface area contributed by atoms with Crippen LogP contribution in [0.2, 0.25) is 0 Å². The average Bonchev–Trinajstić information content (AvgIpc) is 2.53. The Balaban J connectivity index is 2.31. The van der Waals surface area contributed by atoms with Gasteiger partial charge in [0, 0.05) is 20.8 Å². The lowest BCUT2D eigenvalue weighted by molar-refractivity contribution is -0.0990. The van der Waals surface area contributed by atoms with Crippen molar-refractivity contribution in [1.29, 1.82) is 0 Å². The minimum Gasteiger partial charge on any atom is -0.444 e. The Morgan fingerprint density at radius 3 is 2.47 bits per heavy atom. The molecule has 0 radical (unpaired) electrons. The summed E-state index contributed by atoms with van der Waals surface area (Å²) < 4.78 is 15.5. The number of ether oxygens (including phenoxy) is 2. The molecule has 0 aromatic carbocycles. The van der Waals surface area contributed by atoms with Crippen LogP contribution in [0.4, 0.5) is 0 Å². The SMILES string of the molecule is COC(CNCc1nc(C)c(C)o1)OC. The van der Waals surface area contributed by atoms with Gasteiger partial charge in [-0.2, -0.15) is 0 Å². The van der Waals surface area contributed by atoms with Crippen molar-refractivity contribution in [1.82, 2.24) is 10.3 Å². The van der Waals surface area contributed by atoms with Gasteiger partial charge in [-0.25, -0.2) is 4.98 Å². The van der Waals surface area contributed by atoms with Crippen LogP contribution in [-0.2, 0) is 16.0 Å². The second-order valence-electron chi connectivity index (χ2n) is 3.28. The van der Waals surface area contributed by atoms with Crippen LogP contribution in [0, 0.1) is 13.8 Å². The van der Waals surface area contributed by atoms with E-state index in [1.54, 1.807) is 14.2 Å². The Labute approximate surface area is 89.8 Å². The lowest BCUT2D eigenvalue weighted by Gasteiger charge is -2.12. The maximum Gasteiger partial charge on any atom is 0.208 e. The lowest BCUT2D eigenvalue weighted by atomic mass is 10.4. The van der Waals surface area contributed by atoms with Gasteiger partial charge >= 0.3 is 0 Å². The minimum absolute atomic E-state index is 0.234. The van der Waals surface area contributed by atoms with Crippen LogP contribution in [0.15, 0.2) is 4.42 Å². The molecule has 1 aromatic heterocycles. The van der Waals surface area contributed by atoms with E-state index in [4.69, 9.17) is 13.9 Å². The molecule has 1 N–H and O–H groups in total. The quantitative estimate of drug-likeness (QED) is 0.716. The van der Waals surface area contributed by atoms with Crippen molar-refractivity contribution in [2.75, 3.05) is 20.8 Å². The van der Waals surface area contributed by atoms with Crippen LogP contribution < -0.4 is 5.32 Å². The van der Waals surface area contributed by atoms with Gasteiger partial charge in [0.25, 0.3) is 0 Å². The molecule has 1 aromatic rings. The Morgan fingerprint density at radius 1 is 1.33 bits per heavy atom. The third kappa shape index (κ3) is 3.62. The first kappa shape index (κ1) is 12.2. The molecule has 0 aliphatic heterocycles. The molecule has 5 nitrogen and oxygen atoms in total. The monoisotopic (exact) mass is 214 g/mol. The molecule has 0 unspecified atom stereocenters. The second-order valence-corrected chi connectivity index (χ2v) is 3.28. The molecule has 1 rings (SSSR count). The summed E-state index contributed by atoms with van der Waals surface area (Å²) in [5, 5.41) is 3.14. The maximum absolute atomic E-state index is 5.41. The van der Waals surface area contributed by atoms with Crippen molar-refractivity contribution in [3.8, 4) is 0 Å². The van der Waals surface area contributed by atoms with Crippen LogP contribution in [0.25, 0.3) is 0 Å². The minimum atomic E-state index is -0.234. The number of nitrogens with zero attached hydrogens (tertiary/aromatic N) is 1. The van der Waals surface area contributed by atoms with Crippen molar-refractivity contribution < 1.29 is 13.9 Å². The third-order valence-electron chi connectivity index (χ3n) is 2.19. The fourth-order valence-electron chi connectivity index (χ4n) is 1.17. The molecule has 5 heteroatoms. The van der Waals surface area contributed by atoms with Crippen LogP contribution in [-0.4, -0.2) is 32.0 Å². The highest BCUT2D eigenvalue weighted by Crippen LogP contribution is 2.07. The summed E-state index contributed by atoms with van der Waals surface area (Å²) in [7, 11) is 3.21. The van der Waals surface area contributed by atoms with E-state index in [0.717, 1.165) is 11.5 Å². The molecule has 86 valence electrons. The standard InChI is InChI=1S/C10H18N2O3/c1-7-8(2)15-9(12-7)5-11-6-10(13-3)14-4/h10-11H,5-6H2,1-4H3. The van der Waals surface area contributed by atoms with E-state index in [-0.39, 0.29) is 6.29 Å². The van der Waals surface area contributed by atoms with Crippen LogP contribution in [0.5, 0.6) is 0 Å². The van der Waals surface area contributed by atoms with Gasteiger partial charge < -0.3 is 19.2 Å². The van der Waals surface area contributed by atoms with Gasteiger partial charge in [0.2, 0.25) is 5.89 Å². The Hall–Kier alpha value is -0.910. The summed E-state index contributed by atoms with van der Waals surface area (Å²) in [6, 6.07) is 0. The molecule has 0 spiro atoms. The van der Waals surface area contributed by atoms with E-state index in [2.05, 4.69) is 10.3 Å². The summed E-state index contributed by atoms with van der Waals surface area (Å²) in [6.07, 6.45) is -0.234. The van der Waals surface area contributed by atoms with E-state index in [1.165, 1.54) is 0 Å². The van der Waals surface area contributed by atoms with Gasteiger partial charge in [0.15, 0.2) is 6.29 Å². The van der Waals surface area contributed by atoms with E-state index in [0.29, 0.717) is 19.0 Å². The summed E-state index contributed by atoms with van der Waals surface area (Å²) in [5.41, 5.74) is 0.932. The number of nitrogens with one attached hydrogen (secondary N) is 1. The summed E-state index contributed by atoms with van der Waals surface area (Å²) in [4.78, 5) is 4.25. The summed E-state index contributed by atoms with van der Waals surface area (Å²) >= 11 is 0. The number of rotatable bonds is 6. The Morgan fingerprint density at radius 2 is 2.00 bits per heavy atom. The largest absolute Gasteiger partial charge is 0.444 e. The lowest BCUT2D eigenvalue weighted by Crippen LogP contribution is -2.29. The number of hydrogen-bond acceptors (Lipinski definition) is 5. The topological polar surface area (TPSA) is 56.5 Å². The molecule has 0 saturated carbocycles. The van der Waals surface area contributed by atoms with E-state index in [9.17, 15) is 0 Å². The highest BCUT2D eigenvalue weighted by molar-refractivity contribution is 5.04. The van der Waals surface area contributed by atoms with Crippen molar-refractivity contribution in [3.05, 3.63) is 17.3 Å². The number of aryl methyl sites for hydroxylation is 2. The number of oxazole rings is 1. The van der Waals surface area contributed by atoms with Gasteiger partial charge in [-0.15, -0.1) is 0 Å².